The fourth-order valence-corrected chi connectivity index (χ4v) is 6.04. The first-order valence-electron chi connectivity index (χ1n) is 11.1. The molecule has 11 nitrogen and oxygen atoms in total. The molecule has 1 aromatic heterocycles. The van der Waals surface area contributed by atoms with E-state index in [9.17, 15) is 18.9 Å². The average molecular weight is 485 g/mol. The van der Waals surface area contributed by atoms with E-state index in [0.29, 0.717) is 24.9 Å². The first-order valence-corrected chi connectivity index (χ1v) is 12.6. The molecule has 3 heterocycles. The van der Waals surface area contributed by atoms with Crippen molar-refractivity contribution in [2.24, 2.45) is 0 Å². The Kier molecular flexibility index (Phi) is 8.13. The standard InChI is InChI=1S/C21H32N3O8P/c1-13(2)31-33(28,32-14(3)4)24-10-6-7-17(24)20(26)29-12-16-8-9-18(30-16)23-11-15(5)19(25)22-21(23)27/h8-9,11,13-14,16-18H,6-7,10,12H2,1-5H3,(H,22,25,27)/t16-,17-,18+/m0/s1. The van der Waals surface area contributed by atoms with E-state index in [0.717, 1.165) is 0 Å². The maximum Gasteiger partial charge on any atom is 0.409 e. The molecule has 1 N–H and O–H groups in total. The lowest BCUT2D eigenvalue weighted by Crippen LogP contribution is -2.38. The summed E-state index contributed by atoms with van der Waals surface area (Å²) in [6, 6.07) is -0.751. The fraction of sp³-hybridized carbons (Fsp3) is 0.667. The Morgan fingerprint density at radius 2 is 1.88 bits per heavy atom. The average Bonchev–Trinajstić information content (AvgIpc) is 3.37. The molecule has 0 spiro atoms. The Hall–Kier alpha value is -2.04. The number of hydrogen-bond donors (Lipinski definition) is 1. The summed E-state index contributed by atoms with van der Waals surface area (Å²) in [5.74, 6) is -0.537. The second kappa shape index (κ2) is 10.5. The lowest BCUT2D eigenvalue weighted by Gasteiger charge is -2.32. The molecular weight excluding hydrogens is 453 g/mol. The first-order chi connectivity index (χ1) is 15.5. The topological polar surface area (TPSA) is 129 Å². The summed E-state index contributed by atoms with van der Waals surface area (Å²) in [6.07, 6.45) is 3.90. The molecule has 1 aromatic rings. The number of hydrogen-bond acceptors (Lipinski definition) is 8. The van der Waals surface area contributed by atoms with Crippen LogP contribution in [-0.2, 0) is 27.9 Å². The summed E-state index contributed by atoms with van der Waals surface area (Å²) in [5.41, 5.74) is -0.671. The third-order valence-electron chi connectivity index (χ3n) is 5.11. The van der Waals surface area contributed by atoms with Gasteiger partial charge in [0.25, 0.3) is 5.56 Å². The summed E-state index contributed by atoms with van der Waals surface area (Å²) in [6.45, 7) is 8.94. The highest BCUT2D eigenvalue weighted by Crippen LogP contribution is 2.57. The smallest absolute Gasteiger partial charge is 0.409 e. The summed E-state index contributed by atoms with van der Waals surface area (Å²) in [5, 5.41) is 0. The number of aromatic amines is 1. The predicted octanol–water partition coefficient (Wildman–Crippen LogP) is 2.26. The summed E-state index contributed by atoms with van der Waals surface area (Å²) in [4.78, 5) is 38.7. The number of nitrogens with one attached hydrogen (secondary N) is 1. The highest BCUT2D eigenvalue weighted by atomic mass is 31.2. The molecule has 33 heavy (non-hydrogen) atoms. The number of H-pyrrole nitrogens is 1. The zero-order valence-electron chi connectivity index (χ0n) is 19.6. The van der Waals surface area contributed by atoms with E-state index in [1.54, 1.807) is 46.8 Å². The molecule has 3 rings (SSSR count). The van der Waals surface area contributed by atoms with Crippen molar-refractivity contribution in [3.05, 3.63) is 44.8 Å². The summed E-state index contributed by atoms with van der Waals surface area (Å²) < 4.78 is 38.7. The number of aromatic nitrogens is 2. The number of rotatable bonds is 9. The van der Waals surface area contributed by atoms with Crippen LogP contribution in [0.25, 0.3) is 0 Å². The van der Waals surface area contributed by atoms with Gasteiger partial charge < -0.3 is 9.47 Å². The van der Waals surface area contributed by atoms with Crippen molar-refractivity contribution >= 4 is 13.7 Å². The number of carbonyl (C=O) groups is 1. The zero-order valence-corrected chi connectivity index (χ0v) is 20.4. The minimum absolute atomic E-state index is 0.0758. The van der Waals surface area contributed by atoms with Crippen molar-refractivity contribution in [3.8, 4) is 0 Å². The van der Waals surface area contributed by atoms with E-state index < -0.39 is 43.3 Å². The Morgan fingerprint density at radius 1 is 1.21 bits per heavy atom. The minimum Gasteiger partial charge on any atom is -0.461 e. The van der Waals surface area contributed by atoms with Gasteiger partial charge in [0.05, 0.1) is 12.2 Å². The van der Waals surface area contributed by atoms with Crippen LogP contribution in [0.5, 0.6) is 0 Å². The quantitative estimate of drug-likeness (QED) is 0.318. The molecule has 1 fully saturated rings. The van der Waals surface area contributed by atoms with Crippen LogP contribution in [0.15, 0.2) is 27.9 Å². The summed E-state index contributed by atoms with van der Waals surface area (Å²) in [7, 11) is -3.68. The second-order valence-electron chi connectivity index (χ2n) is 8.66. The fourth-order valence-electron chi connectivity index (χ4n) is 3.74. The molecule has 184 valence electrons. The molecule has 0 unspecified atom stereocenters. The molecule has 2 aliphatic rings. The van der Waals surface area contributed by atoms with Crippen LogP contribution in [0.3, 0.4) is 0 Å². The van der Waals surface area contributed by atoms with Gasteiger partial charge in [0, 0.05) is 18.3 Å². The Labute approximate surface area is 192 Å². The Morgan fingerprint density at radius 3 is 2.52 bits per heavy atom. The highest BCUT2D eigenvalue weighted by Gasteiger charge is 2.46. The van der Waals surface area contributed by atoms with E-state index >= 15 is 0 Å². The van der Waals surface area contributed by atoms with Crippen molar-refractivity contribution < 1.29 is 27.9 Å². The Balaban J connectivity index is 1.62. The van der Waals surface area contributed by atoms with E-state index in [1.165, 1.54) is 15.4 Å². The van der Waals surface area contributed by atoms with Crippen molar-refractivity contribution in [1.29, 1.82) is 0 Å². The third kappa shape index (κ3) is 6.10. The molecule has 0 bridgehead atoms. The molecule has 12 heteroatoms. The predicted molar refractivity (Wildman–Crippen MR) is 120 cm³/mol. The van der Waals surface area contributed by atoms with Crippen LogP contribution in [0.1, 0.15) is 52.3 Å². The molecule has 2 aliphatic heterocycles. The van der Waals surface area contributed by atoms with Gasteiger partial charge >= 0.3 is 19.4 Å². The molecular formula is C21H32N3O8P. The van der Waals surface area contributed by atoms with E-state index in [4.69, 9.17) is 18.5 Å². The molecule has 0 aliphatic carbocycles. The van der Waals surface area contributed by atoms with Gasteiger partial charge in [-0.3, -0.25) is 28.2 Å². The number of esters is 1. The van der Waals surface area contributed by atoms with E-state index in [2.05, 4.69) is 4.98 Å². The van der Waals surface area contributed by atoms with Crippen LogP contribution in [-0.4, -0.2) is 57.7 Å². The number of ether oxygens (including phenoxy) is 2. The van der Waals surface area contributed by atoms with Gasteiger partial charge in [-0.25, -0.2) is 9.36 Å². The van der Waals surface area contributed by atoms with Gasteiger partial charge in [-0.05, 0) is 53.5 Å². The third-order valence-corrected chi connectivity index (χ3v) is 7.60. The van der Waals surface area contributed by atoms with Gasteiger partial charge in [0.1, 0.15) is 18.8 Å². The molecule has 0 saturated carbocycles. The lowest BCUT2D eigenvalue weighted by molar-refractivity contribution is -0.152. The number of carbonyl (C=O) groups excluding carboxylic acids is 1. The number of aryl methyl sites for hydroxylation is 1. The first kappa shape index (κ1) is 25.6. The molecule has 0 amide bonds. The summed E-state index contributed by atoms with van der Waals surface area (Å²) >= 11 is 0. The maximum atomic E-state index is 13.5. The van der Waals surface area contributed by atoms with E-state index in [1.807, 2.05) is 0 Å². The normalized spacial score (nSPS) is 23.7. The minimum atomic E-state index is -3.68. The monoisotopic (exact) mass is 485 g/mol. The van der Waals surface area contributed by atoms with Crippen molar-refractivity contribution in [3.63, 3.8) is 0 Å². The van der Waals surface area contributed by atoms with Gasteiger partial charge in [-0.2, -0.15) is 4.67 Å². The zero-order chi connectivity index (χ0) is 24.3. The molecule has 0 aromatic carbocycles. The van der Waals surface area contributed by atoms with E-state index in [-0.39, 0.29) is 18.8 Å². The van der Waals surface area contributed by atoms with Crippen LogP contribution in [0, 0.1) is 6.92 Å². The van der Waals surface area contributed by atoms with Gasteiger partial charge in [-0.15, -0.1) is 0 Å². The molecule has 3 atom stereocenters. The van der Waals surface area contributed by atoms with Gasteiger partial charge in [0.15, 0.2) is 6.23 Å². The highest BCUT2D eigenvalue weighted by molar-refractivity contribution is 7.51. The lowest BCUT2D eigenvalue weighted by atomic mass is 10.2. The largest absolute Gasteiger partial charge is 0.461 e. The van der Waals surface area contributed by atoms with Gasteiger partial charge in [0.2, 0.25) is 0 Å². The van der Waals surface area contributed by atoms with Crippen LogP contribution < -0.4 is 11.2 Å². The van der Waals surface area contributed by atoms with Crippen LogP contribution in [0.4, 0.5) is 0 Å². The second-order valence-corrected chi connectivity index (χ2v) is 10.5. The van der Waals surface area contributed by atoms with Gasteiger partial charge in [-0.1, -0.05) is 6.08 Å². The van der Waals surface area contributed by atoms with Crippen molar-refractivity contribution in [2.45, 2.75) is 78.0 Å². The van der Waals surface area contributed by atoms with Crippen molar-refractivity contribution in [2.75, 3.05) is 13.2 Å². The Bertz CT molecular complexity index is 1030. The molecule has 1 saturated heterocycles. The van der Waals surface area contributed by atoms with Crippen LogP contribution in [0.2, 0.25) is 0 Å². The molecule has 0 radical (unpaired) electrons. The maximum absolute atomic E-state index is 13.5. The SMILES string of the molecule is Cc1cn([C@H]2C=C[C@@H](COC(=O)[C@@H]3CCCN3P(=O)(OC(C)C)OC(C)C)O2)c(=O)[nH]c1=O. The number of nitrogens with zero attached hydrogens (tertiary/aromatic N) is 2. The van der Waals surface area contributed by atoms with Crippen molar-refractivity contribution in [1.82, 2.24) is 14.2 Å². The van der Waals surface area contributed by atoms with Crippen LogP contribution >= 0.6 is 7.75 Å².